The van der Waals surface area contributed by atoms with Gasteiger partial charge in [0.15, 0.2) is 0 Å². The molecule has 84 valence electrons. The minimum absolute atomic E-state index is 0.0424. The van der Waals surface area contributed by atoms with Crippen LogP contribution in [-0.4, -0.2) is 23.0 Å². The highest BCUT2D eigenvalue weighted by atomic mass is 16.5. The predicted octanol–water partition coefficient (Wildman–Crippen LogP) is 1.33. The SMILES string of the molecule is C[C@@H](N)c1cc(C2CCCOC2)nn1C. The first-order valence-corrected chi connectivity index (χ1v) is 5.55. The van der Waals surface area contributed by atoms with Crippen molar-refractivity contribution < 1.29 is 4.74 Å². The van der Waals surface area contributed by atoms with Crippen LogP contribution in [0.15, 0.2) is 6.07 Å². The molecule has 0 aromatic carbocycles. The van der Waals surface area contributed by atoms with Crippen LogP contribution in [-0.2, 0) is 11.8 Å². The Morgan fingerprint density at radius 2 is 2.47 bits per heavy atom. The van der Waals surface area contributed by atoms with Gasteiger partial charge in [-0.3, -0.25) is 4.68 Å². The smallest absolute Gasteiger partial charge is 0.0681 e. The third kappa shape index (κ3) is 2.21. The average Bonchev–Trinajstić information content (AvgIpc) is 2.62. The Balaban J connectivity index is 2.17. The van der Waals surface area contributed by atoms with Crippen molar-refractivity contribution in [2.75, 3.05) is 13.2 Å². The van der Waals surface area contributed by atoms with E-state index in [9.17, 15) is 0 Å². The van der Waals surface area contributed by atoms with E-state index in [1.54, 1.807) is 0 Å². The van der Waals surface area contributed by atoms with Gasteiger partial charge in [0.25, 0.3) is 0 Å². The van der Waals surface area contributed by atoms with Gasteiger partial charge in [0, 0.05) is 25.6 Å². The first kappa shape index (κ1) is 10.6. The Morgan fingerprint density at radius 1 is 1.67 bits per heavy atom. The van der Waals surface area contributed by atoms with Gasteiger partial charge in [-0.25, -0.2) is 0 Å². The maximum atomic E-state index is 5.87. The van der Waals surface area contributed by atoms with Crippen LogP contribution in [0.4, 0.5) is 0 Å². The second kappa shape index (κ2) is 4.33. The molecule has 1 aliphatic heterocycles. The van der Waals surface area contributed by atoms with Crippen molar-refractivity contribution >= 4 is 0 Å². The topological polar surface area (TPSA) is 53.1 Å². The van der Waals surface area contributed by atoms with Gasteiger partial charge in [-0.1, -0.05) is 0 Å². The van der Waals surface area contributed by atoms with Gasteiger partial charge in [0.1, 0.15) is 0 Å². The van der Waals surface area contributed by atoms with E-state index in [4.69, 9.17) is 10.5 Å². The molecule has 1 saturated heterocycles. The molecule has 1 aliphatic rings. The van der Waals surface area contributed by atoms with Crippen LogP contribution in [0, 0.1) is 0 Å². The first-order chi connectivity index (χ1) is 7.18. The number of ether oxygens (including phenoxy) is 1. The predicted molar refractivity (Wildman–Crippen MR) is 58.6 cm³/mol. The van der Waals surface area contributed by atoms with Crippen molar-refractivity contribution in [3.63, 3.8) is 0 Å². The van der Waals surface area contributed by atoms with E-state index in [2.05, 4.69) is 11.2 Å². The Morgan fingerprint density at radius 3 is 3.00 bits per heavy atom. The number of nitrogens with two attached hydrogens (primary N) is 1. The second-order valence-electron chi connectivity index (χ2n) is 4.32. The minimum Gasteiger partial charge on any atom is -0.381 e. The molecule has 2 N–H and O–H groups in total. The van der Waals surface area contributed by atoms with Gasteiger partial charge < -0.3 is 10.5 Å². The summed E-state index contributed by atoms with van der Waals surface area (Å²) in [6.07, 6.45) is 2.31. The number of aromatic nitrogens is 2. The number of hydrogen-bond donors (Lipinski definition) is 1. The van der Waals surface area contributed by atoms with Gasteiger partial charge in [0.2, 0.25) is 0 Å². The molecule has 4 heteroatoms. The van der Waals surface area contributed by atoms with E-state index in [1.807, 2.05) is 18.7 Å². The lowest BCUT2D eigenvalue weighted by Crippen LogP contribution is -2.16. The normalized spacial score (nSPS) is 24.1. The van der Waals surface area contributed by atoms with Gasteiger partial charge >= 0.3 is 0 Å². The van der Waals surface area contributed by atoms with E-state index >= 15 is 0 Å². The van der Waals surface area contributed by atoms with Gasteiger partial charge in [-0.2, -0.15) is 5.10 Å². The molecule has 1 fully saturated rings. The van der Waals surface area contributed by atoms with Gasteiger partial charge in [-0.05, 0) is 25.8 Å². The van der Waals surface area contributed by atoms with Gasteiger partial charge in [-0.15, -0.1) is 0 Å². The van der Waals surface area contributed by atoms with E-state index < -0.39 is 0 Å². The standard InChI is InChI=1S/C11H19N3O/c1-8(12)11-6-10(13-14(11)2)9-4-3-5-15-7-9/h6,8-9H,3-5,7,12H2,1-2H3/t8-,9?/m1/s1. The van der Waals surface area contributed by atoms with E-state index in [1.165, 1.54) is 6.42 Å². The minimum atomic E-state index is 0.0424. The van der Waals surface area contributed by atoms with Crippen molar-refractivity contribution in [2.24, 2.45) is 12.8 Å². The highest BCUT2D eigenvalue weighted by molar-refractivity contribution is 5.17. The van der Waals surface area contributed by atoms with Crippen molar-refractivity contribution in [1.82, 2.24) is 9.78 Å². The summed E-state index contributed by atoms with van der Waals surface area (Å²) in [4.78, 5) is 0. The van der Waals surface area contributed by atoms with Crippen molar-refractivity contribution in [1.29, 1.82) is 0 Å². The summed E-state index contributed by atoms with van der Waals surface area (Å²) in [6.45, 7) is 3.68. The molecule has 1 unspecified atom stereocenters. The molecule has 4 nitrogen and oxygen atoms in total. The summed E-state index contributed by atoms with van der Waals surface area (Å²) in [5, 5.41) is 4.51. The molecule has 0 amide bonds. The molecular weight excluding hydrogens is 190 g/mol. The lowest BCUT2D eigenvalue weighted by Gasteiger charge is -2.19. The van der Waals surface area contributed by atoms with E-state index in [0.717, 1.165) is 31.0 Å². The Kier molecular flexibility index (Phi) is 3.07. The summed E-state index contributed by atoms with van der Waals surface area (Å²) >= 11 is 0. The monoisotopic (exact) mass is 209 g/mol. The maximum Gasteiger partial charge on any atom is 0.0681 e. The quantitative estimate of drug-likeness (QED) is 0.799. The molecule has 0 spiro atoms. The van der Waals surface area contributed by atoms with Crippen LogP contribution < -0.4 is 5.73 Å². The fourth-order valence-corrected chi connectivity index (χ4v) is 2.10. The van der Waals surface area contributed by atoms with Crippen molar-refractivity contribution in [2.45, 2.75) is 31.7 Å². The maximum absolute atomic E-state index is 5.87. The van der Waals surface area contributed by atoms with Crippen LogP contribution in [0.1, 0.15) is 43.1 Å². The molecule has 2 rings (SSSR count). The zero-order valence-electron chi connectivity index (χ0n) is 9.44. The zero-order chi connectivity index (χ0) is 10.8. The molecule has 0 saturated carbocycles. The van der Waals surface area contributed by atoms with Gasteiger partial charge in [0.05, 0.1) is 18.0 Å². The third-order valence-electron chi connectivity index (χ3n) is 2.98. The number of rotatable bonds is 2. The highest BCUT2D eigenvalue weighted by Gasteiger charge is 2.20. The van der Waals surface area contributed by atoms with Crippen molar-refractivity contribution in [3.8, 4) is 0 Å². The van der Waals surface area contributed by atoms with Crippen LogP contribution in [0.3, 0.4) is 0 Å². The van der Waals surface area contributed by atoms with Crippen LogP contribution in [0.25, 0.3) is 0 Å². The third-order valence-corrected chi connectivity index (χ3v) is 2.98. The van der Waals surface area contributed by atoms with E-state index in [-0.39, 0.29) is 6.04 Å². The summed E-state index contributed by atoms with van der Waals surface area (Å²) in [6, 6.07) is 2.16. The molecule has 2 heterocycles. The summed E-state index contributed by atoms with van der Waals surface area (Å²) in [5.41, 5.74) is 8.09. The molecule has 1 aromatic rings. The average molecular weight is 209 g/mol. The molecular formula is C11H19N3O. The van der Waals surface area contributed by atoms with E-state index in [0.29, 0.717) is 5.92 Å². The van der Waals surface area contributed by atoms with Crippen LogP contribution >= 0.6 is 0 Å². The van der Waals surface area contributed by atoms with Crippen molar-refractivity contribution in [3.05, 3.63) is 17.5 Å². The van der Waals surface area contributed by atoms with Crippen LogP contribution in [0.5, 0.6) is 0 Å². The second-order valence-corrected chi connectivity index (χ2v) is 4.32. The number of aryl methyl sites for hydroxylation is 1. The molecule has 0 aliphatic carbocycles. The van der Waals surface area contributed by atoms with Crippen LogP contribution in [0.2, 0.25) is 0 Å². The molecule has 15 heavy (non-hydrogen) atoms. The molecule has 1 aromatic heterocycles. The number of hydrogen-bond acceptors (Lipinski definition) is 3. The lowest BCUT2D eigenvalue weighted by molar-refractivity contribution is 0.0791. The summed E-state index contributed by atoms with van der Waals surface area (Å²) in [5.74, 6) is 0.456. The molecule has 0 bridgehead atoms. The Labute approximate surface area is 90.4 Å². The fourth-order valence-electron chi connectivity index (χ4n) is 2.10. The summed E-state index contributed by atoms with van der Waals surface area (Å²) in [7, 11) is 1.95. The number of nitrogens with zero attached hydrogens (tertiary/aromatic N) is 2. The Hall–Kier alpha value is -0.870. The summed E-state index contributed by atoms with van der Waals surface area (Å²) < 4.78 is 7.35. The Bertz CT molecular complexity index is 327. The highest BCUT2D eigenvalue weighted by Crippen LogP contribution is 2.25. The fraction of sp³-hybridized carbons (Fsp3) is 0.727. The zero-order valence-corrected chi connectivity index (χ0v) is 9.44. The molecule has 0 radical (unpaired) electrons. The molecule has 2 atom stereocenters. The first-order valence-electron chi connectivity index (χ1n) is 5.55. The lowest BCUT2D eigenvalue weighted by atomic mass is 9.98. The largest absolute Gasteiger partial charge is 0.381 e.